The summed E-state index contributed by atoms with van der Waals surface area (Å²) in [6, 6.07) is 2.32. The molecule has 78 valence electrons. The van der Waals surface area contributed by atoms with Gasteiger partial charge in [-0.25, -0.2) is 8.78 Å². The van der Waals surface area contributed by atoms with E-state index in [4.69, 9.17) is 5.73 Å². The molecule has 0 fully saturated rings. The number of rotatable bonds is 3. The number of aliphatic hydroxyl groups excluding tert-OH is 1. The van der Waals surface area contributed by atoms with Gasteiger partial charge < -0.3 is 10.8 Å². The van der Waals surface area contributed by atoms with Crippen molar-refractivity contribution in [2.75, 3.05) is 6.54 Å². The molecule has 0 aromatic heterocycles. The highest BCUT2D eigenvalue weighted by atomic mass is 79.9. The van der Waals surface area contributed by atoms with Crippen molar-refractivity contribution < 1.29 is 13.9 Å². The van der Waals surface area contributed by atoms with Gasteiger partial charge in [0.15, 0.2) is 0 Å². The van der Waals surface area contributed by atoms with E-state index in [-0.39, 0.29) is 23.0 Å². The largest absolute Gasteiger partial charge is 0.388 e. The molecule has 0 saturated carbocycles. The Morgan fingerprint density at radius 3 is 2.64 bits per heavy atom. The van der Waals surface area contributed by atoms with Crippen molar-refractivity contribution in [1.29, 1.82) is 0 Å². The van der Waals surface area contributed by atoms with E-state index in [1.807, 2.05) is 0 Å². The Labute approximate surface area is 88.9 Å². The lowest BCUT2D eigenvalue weighted by molar-refractivity contribution is 0.165. The zero-order valence-electron chi connectivity index (χ0n) is 7.30. The summed E-state index contributed by atoms with van der Waals surface area (Å²) in [6.45, 7) is 0.246. The van der Waals surface area contributed by atoms with E-state index in [2.05, 4.69) is 15.9 Å². The highest BCUT2D eigenvalue weighted by Gasteiger charge is 2.16. The minimum atomic E-state index is -0.989. The van der Waals surface area contributed by atoms with Gasteiger partial charge in [-0.15, -0.1) is 0 Å². The quantitative estimate of drug-likeness (QED) is 0.823. The molecular weight excluding hydrogens is 256 g/mol. The first-order valence-electron chi connectivity index (χ1n) is 4.09. The summed E-state index contributed by atoms with van der Waals surface area (Å²) in [6.07, 6.45) is -0.744. The van der Waals surface area contributed by atoms with Crippen molar-refractivity contribution in [3.05, 3.63) is 33.8 Å². The van der Waals surface area contributed by atoms with E-state index >= 15 is 0 Å². The van der Waals surface area contributed by atoms with Gasteiger partial charge in [0.2, 0.25) is 0 Å². The molecule has 0 radical (unpaired) electrons. The predicted octanol–water partition coefficient (Wildman–Crippen LogP) is 2.11. The molecule has 5 heteroatoms. The van der Waals surface area contributed by atoms with Gasteiger partial charge in [-0.2, -0.15) is 0 Å². The molecule has 1 aromatic carbocycles. The van der Waals surface area contributed by atoms with Gasteiger partial charge in [-0.3, -0.25) is 0 Å². The molecule has 0 heterocycles. The second kappa shape index (κ2) is 4.82. The van der Waals surface area contributed by atoms with Crippen LogP contribution in [0.15, 0.2) is 16.6 Å². The average Bonchev–Trinajstić information content (AvgIpc) is 2.15. The highest BCUT2D eigenvalue weighted by Crippen LogP contribution is 2.27. The normalized spacial score (nSPS) is 12.9. The maximum Gasteiger partial charge on any atom is 0.146 e. The Kier molecular flexibility index (Phi) is 3.97. The van der Waals surface area contributed by atoms with Gasteiger partial charge >= 0.3 is 0 Å². The maximum atomic E-state index is 13.3. The SMILES string of the molecule is NCC[C@@H](O)c1ccc(F)c(Br)c1F. The molecule has 0 aliphatic carbocycles. The van der Waals surface area contributed by atoms with Crippen molar-refractivity contribution in [2.24, 2.45) is 5.73 Å². The van der Waals surface area contributed by atoms with E-state index in [0.717, 1.165) is 6.07 Å². The number of halogens is 3. The van der Waals surface area contributed by atoms with Crippen molar-refractivity contribution in [3.63, 3.8) is 0 Å². The Morgan fingerprint density at radius 1 is 1.43 bits per heavy atom. The van der Waals surface area contributed by atoms with Crippen LogP contribution >= 0.6 is 15.9 Å². The summed E-state index contributed by atoms with van der Waals surface area (Å²) < 4.78 is 25.9. The van der Waals surface area contributed by atoms with Crippen molar-refractivity contribution in [1.82, 2.24) is 0 Å². The molecule has 0 saturated heterocycles. The second-order valence-electron chi connectivity index (χ2n) is 2.86. The minimum Gasteiger partial charge on any atom is -0.388 e. The topological polar surface area (TPSA) is 46.2 Å². The molecule has 0 bridgehead atoms. The van der Waals surface area contributed by atoms with E-state index in [1.54, 1.807) is 0 Å². The average molecular weight is 266 g/mol. The Balaban J connectivity index is 3.04. The number of hydrogen-bond acceptors (Lipinski definition) is 2. The van der Waals surface area contributed by atoms with Gasteiger partial charge in [-0.1, -0.05) is 6.07 Å². The van der Waals surface area contributed by atoms with Crippen LogP contribution in [-0.2, 0) is 0 Å². The first-order valence-corrected chi connectivity index (χ1v) is 4.88. The van der Waals surface area contributed by atoms with Gasteiger partial charge in [0.1, 0.15) is 11.6 Å². The molecule has 0 unspecified atom stereocenters. The Bertz CT molecular complexity index is 333. The van der Waals surface area contributed by atoms with Crippen molar-refractivity contribution in [2.45, 2.75) is 12.5 Å². The standard InChI is InChI=1S/C9H10BrF2NO/c10-8-6(11)2-1-5(9(8)12)7(14)3-4-13/h1-2,7,14H,3-4,13H2/t7-/m1/s1. The lowest BCUT2D eigenvalue weighted by Gasteiger charge is -2.11. The van der Waals surface area contributed by atoms with Crippen molar-refractivity contribution >= 4 is 15.9 Å². The van der Waals surface area contributed by atoms with Gasteiger partial charge in [0.05, 0.1) is 10.6 Å². The zero-order chi connectivity index (χ0) is 10.7. The van der Waals surface area contributed by atoms with Crippen LogP contribution in [0.25, 0.3) is 0 Å². The van der Waals surface area contributed by atoms with Crippen LogP contribution in [0.4, 0.5) is 8.78 Å². The number of nitrogens with two attached hydrogens (primary N) is 1. The summed E-state index contributed by atoms with van der Waals surface area (Å²) in [5.74, 6) is -1.46. The minimum absolute atomic E-state index is 0.0590. The fourth-order valence-corrected chi connectivity index (χ4v) is 1.47. The van der Waals surface area contributed by atoms with Crippen LogP contribution in [0.1, 0.15) is 18.1 Å². The van der Waals surface area contributed by atoms with E-state index in [1.165, 1.54) is 6.07 Å². The lowest BCUT2D eigenvalue weighted by atomic mass is 10.1. The van der Waals surface area contributed by atoms with Gasteiger partial charge in [0.25, 0.3) is 0 Å². The van der Waals surface area contributed by atoms with Gasteiger partial charge in [0, 0.05) is 5.56 Å². The molecular formula is C9H10BrF2NO. The summed E-state index contributed by atoms with van der Waals surface area (Å²) in [4.78, 5) is 0. The number of benzene rings is 1. The Hall–Kier alpha value is -0.520. The first-order chi connectivity index (χ1) is 6.57. The van der Waals surface area contributed by atoms with Crippen LogP contribution < -0.4 is 5.73 Å². The molecule has 0 aliphatic rings. The van der Waals surface area contributed by atoms with E-state index < -0.39 is 17.7 Å². The zero-order valence-corrected chi connectivity index (χ0v) is 8.89. The fraction of sp³-hybridized carbons (Fsp3) is 0.333. The molecule has 0 aliphatic heterocycles. The van der Waals surface area contributed by atoms with Crippen LogP contribution in [0.3, 0.4) is 0 Å². The van der Waals surface area contributed by atoms with E-state index in [0.29, 0.717) is 0 Å². The molecule has 3 N–H and O–H groups in total. The van der Waals surface area contributed by atoms with E-state index in [9.17, 15) is 13.9 Å². The van der Waals surface area contributed by atoms with Crippen LogP contribution in [0, 0.1) is 11.6 Å². The maximum absolute atomic E-state index is 13.3. The van der Waals surface area contributed by atoms with Crippen LogP contribution in [0.2, 0.25) is 0 Å². The summed E-state index contributed by atoms with van der Waals surface area (Å²) >= 11 is 2.76. The third-order valence-electron chi connectivity index (χ3n) is 1.86. The second-order valence-corrected chi connectivity index (χ2v) is 3.65. The van der Waals surface area contributed by atoms with Crippen LogP contribution in [-0.4, -0.2) is 11.7 Å². The smallest absolute Gasteiger partial charge is 0.146 e. The third-order valence-corrected chi connectivity index (χ3v) is 2.59. The Morgan fingerprint density at radius 2 is 2.07 bits per heavy atom. The summed E-state index contributed by atoms with van der Waals surface area (Å²) in [5.41, 5.74) is 5.28. The van der Waals surface area contributed by atoms with Crippen LogP contribution in [0.5, 0.6) is 0 Å². The predicted molar refractivity (Wildman–Crippen MR) is 52.7 cm³/mol. The molecule has 1 atom stereocenters. The number of aliphatic hydroxyl groups is 1. The summed E-state index contributed by atoms with van der Waals surface area (Å²) in [5, 5.41) is 9.45. The fourth-order valence-electron chi connectivity index (χ4n) is 1.11. The third kappa shape index (κ3) is 2.29. The molecule has 0 spiro atoms. The van der Waals surface area contributed by atoms with Gasteiger partial charge in [-0.05, 0) is 35.0 Å². The molecule has 1 aromatic rings. The summed E-state index contributed by atoms with van der Waals surface area (Å²) in [7, 11) is 0. The molecule has 14 heavy (non-hydrogen) atoms. The number of hydrogen-bond donors (Lipinski definition) is 2. The lowest BCUT2D eigenvalue weighted by Crippen LogP contribution is -2.08. The monoisotopic (exact) mass is 265 g/mol. The molecule has 2 nitrogen and oxygen atoms in total. The first kappa shape index (κ1) is 11.6. The molecule has 0 amide bonds. The molecule has 1 rings (SSSR count). The van der Waals surface area contributed by atoms with Crippen molar-refractivity contribution in [3.8, 4) is 0 Å². The highest BCUT2D eigenvalue weighted by molar-refractivity contribution is 9.10.